The van der Waals surface area contributed by atoms with Gasteiger partial charge in [-0.2, -0.15) is 0 Å². The van der Waals surface area contributed by atoms with E-state index in [1.54, 1.807) is 6.07 Å². The van der Waals surface area contributed by atoms with Gasteiger partial charge in [0.25, 0.3) is 0 Å². The summed E-state index contributed by atoms with van der Waals surface area (Å²) in [6.45, 7) is 7.12. The number of phenolic OH excluding ortho intramolecular Hbond substituents is 1. The van der Waals surface area contributed by atoms with E-state index in [-0.39, 0.29) is 29.7 Å². The van der Waals surface area contributed by atoms with Gasteiger partial charge in [0.1, 0.15) is 5.75 Å². The summed E-state index contributed by atoms with van der Waals surface area (Å²) in [6.07, 6.45) is 2.56. The highest BCUT2D eigenvalue weighted by Crippen LogP contribution is 2.30. The molecule has 30 heavy (non-hydrogen) atoms. The largest absolute Gasteiger partial charge is 0.504 e. The molecule has 1 fully saturated rings. The van der Waals surface area contributed by atoms with Gasteiger partial charge in [-0.1, -0.05) is 24.3 Å². The predicted octanol–water partition coefficient (Wildman–Crippen LogP) is 4.45. The molecule has 7 heteroatoms. The van der Waals surface area contributed by atoms with E-state index in [0.717, 1.165) is 41.9 Å². The maximum Gasteiger partial charge on any atom is 0.191 e. The second-order valence-corrected chi connectivity index (χ2v) is 7.15. The van der Waals surface area contributed by atoms with Gasteiger partial charge in [-0.3, -0.25) is 0 Å². The molecule has 0 spiro atoms. The molecule has 0 aromatic heterocycles. The van der Waals surface area contributed by atoms with Crippen molar-refractivity contribution in [2.24, 2.45) is 10.9 Å². The lowest BCUT2D eigenvalue weighted by Crippen LogP contribution is -2.36. The van der Waals surface area contributed by atoms with Crippen molar-refractivity contribution in [1.82, 2.24) is 10.6 Å². The maximum absolute atomic E-state index is 9.85. The predicted molar refractivity (Wildman–Crippen MR) is 131 cm³/mol. The highest BCUT2D eigenvalue weighted by molar-refractivity contribution is 14.0. The average molecular weight is 525 g/mol. The summed E-state index contributed by atoms with van der Waals surface area (Å²) < 4.78 is 11.4. The van der Waals surface area contributed by atoms with Gasteiger partial charge in [-0.15, -0.1) is 24.0 Å². The number of aromatic hydroxyl groups is 1. The van der Waals surface area contributed by atoms with E-state index in [1.165, 1.54) is 12.8 Å². The van der Waals surface area contributed by atoms with E-state index >= 15 is 0 Å². The molecule has 3 rings (SSSR count). The molecule has 0 saturated heterocycles. The van der Waals surface area contributed by atoms with Crippen LogP contribution in [0.5, 0.6) is 17.2 Å². The Balaban J connectivity index is 0.00000320. The number of nitrogens with zero attached hydrogens (tertiary/aromatic N) is 1. The lowest BCUT2D eigenvalue weighted by Gasteiger charge is -2.15. The summed E-state index contributed by atoms with van der Waals surface area (Å²) >= 11 is 0. The van der Waals surface area contributed by atoms with Crippen LogP contribution in [0.4, 0.5) is 0 Å². The van der Waals surface area contributed by atoms with E-state index in [1.807, 2.05) is 44.2 Å². The number of para-hydroxylation sites is 1. The highest BCUT2D eigenvalue weighted by atomic mass is 127. The molecule has 0 amide bonds. The van der Waals surface area contributed by atoms with Crippen LogP contribution in [-0.4, -0.2) is 30.8 Å². The molecular weight excluding hydrogens is 493 g/mol. The zero-order valence-corrected chi connectivity index (χ0v) is 20.0. The number of hydrogen-bond acceptors (Lipinski definition) is 4. The fourth-order valence-electron chi connectivity index (χ4n) is 2.90. The molecule has 2 aromatic rings. The average Bonchev–Trinajstić information content (AvgIpc) is 3.56. The van der Waals surface area contributed by atoms with Gasteiger partial charge in [0.05, 0.1) is 19.8 Å². The molecule has 1 aliphatic rings. The third-order valence-corrected chi connectivity index (χ3v) is 4.68. The summed E-state index contributed by atoms with van der Waals surface area (Å²) in [6, 6.07) is 13.5. The number of phenols is 1. The lowest BCUT2D eigenvalue weighted by atomic mass is 10.2. The van der Waals surface area contributed by atoms with Crippen LogP contribution in [0.15, 0.2) is 47.5 Å². The van der Waals surface area contributed by atoms with Crippen molar-refractivity contribution in [1.29, 1.82) is 0 Å². The van der Waals surface area contributed by atoms with Gasteiger partial charge in [0, 0.05) is 18.7 Å². The van der Waals surface area contributed by atoms with Crippen LogP contribution >= 0.6 is 24.0 Å². The Morgan fingerprint density at radius 2 is 1.87 bits per heavy atom. The number of aliphatic imine (C=N–C) groups is 1. The van der Waals surface area contributed by atoms with E-state index in [0.29, 0.717) is 25.4 Å². The van der Waals surface area contributed by atoms with E-state index in [9.17, 15) is 5.11 Å². The van der Waals surface area contributed by atoms with E-state index in [4.69, 9.17) is 9.47 Å². The topological polar surface area (TPSA) is 75.1 Å². The summed E-state index contributed by atoms with van der Waals surface area (Å²) in [4.78, 5) is 4.66. The number of hydrogen-bond donors (Lipinski definition) is 3. The van der Waals surface area contributed by atoms with Gasteiger partial charge in [0.15, 0.2) is 17.5 Å². The van der Waals surface area contributed by atoms with Crippen LogP contribution in [0.3, 0.4) is 0 Å². The SMILES string of the molecule is CCNC(=NCc1ccc(O)c(OCC)c1)NCc1ccccc1OCC1CC1.I. The van der Waals surface area contributed by atoms with Crippen LogP contribution in [-0.2, 0) is 13.1 Å². The van der Waals surface area contributed by atoms with E-state index in [2.05, 4.69) is 21.7 Å². The minimum Gasteiger partial charge on any atom is -0.504 e. The summed E-state index contributed by atoms with van der Waals surface area (Å²) in [5, 5.41) is 16.5. The fourth-order valence-corrected chi connectivity index (χ4v) is 2.90. The first-order valence-corrected chi connectivity index (χ1v) is 10.4. The molecule has 6 nitrogen and oxygen atoms in total. The van der Waals surface area contributed by atoms with Gasteiger partial charge in [-0.05, 0) is 56.4 Å². The Kier molecular flexibility index (Phi) is 10.1. The number of nitrogens with one attached hydrogen (secondary N) is 2. The van der Waals surface area contributed by atoms with Crippen LogP contribution < -0.4 is 20.1 Å². The summed E-state index contributed by atoms with van der Waals surface area (Å²) in [7, 11) is 0. The Morgan fingerprint density at radius 3 is 2.60 bits per heavy atom. The lowest BCUT2D eigenvalue weighted by molar-refractivity contribution is 0.296. The molecule has 0 unspecified atom stereocenters. The van der Waals surface area contributed by atoms with Crippen molar-refractivity contribution in [3.05, 3.63) is 53.6 Å². The molecule has 0 bridgehead atoms. The van der Waals surface area contributed by atoms with Gasteiger partial charge in [0.2, 0.25) is 0 Å². The summed E-state index contributed by atoms with van der Waals surface area (Å²) in [5.74, 6) is 3.02. The number of ether oxygens (including phenoxy) is 2. The van der Waals surface area contributed by atoms with Crippen LogP contribution in [0, 0.1) is 5.92 Å². The molecule has 0 aliphatic heterocycles. The second kappa shape index (κ2) is 12.5. The van der Waals surface area contributed by atoms with Crippen molar-refractivity contribution in [2.75, 3.05) is 19.8 Å². The van der Waals surface area contributed by atoms with E-state index < -0.39 is 0 Å². The van der Waals surface area contributed by atoms with Crippen molar-refractivity contribution >= 4 is 29.9 Å². The smallest absolute Gasteiger partial charge is 0.191 e. The Labute approximate surface area is 196 Å². The molecule has 1 saturated carbocycles. The molecule has 3 N–H and O–H groups in total. The monoisotopic (exact) mass is 525 g/mol. The van der Waals surface area contributed by atoms with Gasteiger partial charge in [-0.25, -0.2) is 4.99 Å². The molecular formula is C23H32IN3O3. The van der Waals surface area contributed by atoms with Crippen molar-refractivity contribution < 1.29 is 14.6 Å². The van der Waals surface area contributed by atoms with Crippen molar-refractivity contribution in [3.8, 4) is 17.2 Å². The summed E-state index contributed by atoms with van der Waals surface area (Å²) in [5.41, 5.74) is 2.08. The van der Waals surface area contributed by atoms with Crippen LogP contribution in [0.25, 0.3) is 0 Å². The quantitative estimate of drug-likeness (QED) is 0.243. The second-order valence-electron chi connectivity index (χ2n) is 7.15. The minimum absolute atomic E-state index is 0. The molecule has 0 heterocycles. The first-order valence-electron chi connectivity index (χ1n) is 10.4. The highest BCUT2D eigenvalue weighted by Gasteiger charge is 2.22. The Morgan fingerprint density at radius 1 is 1.07 bits per heavy atom. The Hall–Kier alpha value is -2.16. The van der Waals surface area contributed by atoms with Crippen LogP contribution in [0.2, 0.25) is 0 Å². The first-order chi connectivity index (χ1) is 14.2. The number of benzene rings is 2. The first kappa shape index (κ1) is 24.1. The molecule has 0 atom stereocenters. The van der Waals surface area contributed by atoms with Crippen LogP contribution in [0.1, 0.15) is 37.8 Å². The van der Waals surface area contributed by atoms with Crippen molar-refractivity contribution in [3.63, 3.8) is 0 Å². The van der Waals surface area contributed by atoms with Gasteiger partial charge >= 0.3 is 0 Å². The normalized spacial score (nSPS) is 13.3. The van der Waals surface area contributed by atoms with Gasteiger partial charge < -0.3 is 25.2 Å². The van der Waals surface area contributed by atoms with Crippen molar-refractivity contribution in [2.45, 2.75) is 39.8 Å². The number of rotatable bonds is 10. The zero-order chi connectivity index (χ0) is 20.5. The minimum atomic E-state index is 0. The molecule has 1 aliphatic carbocycles. The molecule has 2 aromatic carbocycles. The third-order valence-electron chi connectivity index (χ3n) is 4.68. The molecule has 0 radical (unpaired) electrons. The Bertz CT molecular complexity index is 825. The zero-order valence-electron chi connectivity index (χ0n) is 17.7. The number of guanidine groups is 1. The fraction of sp³-hybridized carbons (Fsp3) is 0.435. The third kappa shape index (κ3) is 7.59. The maximum atomic E-state index is 9.85. The number of halogens is 1. The molecule has 164 valence electrons. The standard InChI is InChI=1S/C23H31N3O3.HI/c1-3-24-23(25-14-18-11-12-20(27)22(13-18)28-4-2)26-15-19-7-5-6-8-21(19)29-16-17-9-10-17;/h5-8,11-13,17,27H,3-4,9-10,14-16H2,1-2H3,(H2,24,25,26);1H.